The molecule has 0 bridgehead atoms. The molecule has 180 valence electrons. The topological polar surface area (TPSA) is 79.7 Å². The number of ether oxygens (including phenoxy) is 1. The van der Waals surface area contributed by atoms with Crippen LogP contribution in [0.5, 0.6) is 5.75 Å². The van der Waals surface area contributed by atoms with Crippen LogP contribution in [-0.4, -0.2) is 28.4 Å². The first-order valence-electron chi connectivity index (χ1n) is 11.5. The number of amides is 1. The molecular weight excluding hydrogens is 472 g/mol. The first kappa shape index (κ1) is 23.5. The summed E-state index contributed by atoms with van der Waals surface area (Å²) in [4.78, 5) is 32.9. The molecule has 36 heavy (non-hydrogen) atoms. The van der Waals surface area contributed by atoms with Crippen molar-refractivity contribution in [1.29, 1.82) is 0 Å². The Kier molecular flexibility index (Phi) is 6.16. The van der Waals surface area contributed by atoms with E-state index in [1.54, 1.807) is 54.6 Å². The number of aliphatic hydroxyl groups is 1. The lowest BCUT2D eigenvalue weighted by Gasteiger charge is -2.23. The van der Waals surface area contributed by atoms with Crippen molar-refractivity contribution in [2.45, 2.75) is 19.9 Å². The van der Waals surface area contributed by atoms with E-state index in [1.807, 2.05) is 32.0 Å². The minimum Gasteiger partial charge on any atom is -0.507 e. The number of fused-ring (bicyclic) bond motifs is 1. The third kappa shape index (κ3) is 4.07. The van der Waals surface area contributed by atoms with Crippen molar-refractivity contribution in [2.24, 2.45) is 0 Å². The van der Waals surface area contributed by atoms with Crippen LogP contribution in [0.25, 0.3) is 16.0 Å². The van der Waals surface area contributed by atoms with Gasteiger partial charge in [-0.1, -0.05) is 72.5 Å². The number of rotatable bonds is 6. The average Bonchev–Trinajstić information content (AvgIpc) is 3.42. The number of anilines is 1. The number of aryl methyl sites for hydroxylation is 2. The summed E-state index contributed by atoms with van der Waals surface area (Å²) in [6.07, 6.45) is 1.65. The van der Waals surface area contributed by atoms with E-state index >= 15 is 0 Å². The molecule has 0 saturated carbocycles. The molecule has 0 spiro atoms. The number of benzene rings is 3. The van der Waals surface area contributed by atoms with Gasteiger partial charge in [0.2, 0.25) is 0 Å². The van der Waals surface area contributed by atoms with E-state index in [1.165, 1.54) is 16.2 Å². The second-order valence-electron chi connectivity index (χ2n) is 8.63. The summed E-state index contributed by atoms with van der Waals surface area (Å²) < 4.78 is 6.53. The molecule has 1 saturated heterocycles. The third-order valence-electron chi connectivity index (χ3n) is 6.08. The second kappa shape index (κ2) is 9.43. The van der Waals surface area contributed by atoms with Gasteiger partial charge in [-0.2, -0.15) is 0 Å². The van der Waals surface area contributed by atoms with Crippen molar-refractivity contribution < 1.29 is 19.4 Å². The van der Waals surface area contributed by atoms with E-state index in [9.17, 15) is 14.7 Å². The van der Waals surface area contributed by atoms with Gasteiger partial charge in [0.15, 0.2) is 5.13 Å². The molecule has 6 nitrogen and oxygen atoms in total. The number of aliphatic hydroxyl groups excluding tert-OH is 1. The summed E-state index contributed by atoms with van der Waals surface area (Å²) in [7, 11) is 0. The maximum Gasteiger partial charge on any atom is 0.301 e. The highest BCUT2D eigenvalue weighted by atomic mass is 32.1. The molecule has 3 aromatic carbocycles. The average molecular weight is 497 g/mol. The quantitative estimate of drug-likeness (QED) is 0.151. The van der Waals surface area contributed by atoms with Gasteiger partial charge < -0.3 is 9.84 Å². The third-order valence-corrected chi connectivity index (χ3v) is 7.08. The standard InChI is InChI=1S/C29H24N2O4S/c1-4-14-35-21-12-10-19(11-13-21)25-23(26(32)20-8-6-5-7-9-20)27(33)28(34)31(25)29-30-24-18(3)15-17(2)16-22(24)36-29/h4-13,15-16,25,32H,1,14H2,2-3H3/t25-/m0/s1. The Bertz CT molecular complexity index is 1520. The normalized spacial score (nSPS) is 17.1. The van der Waals surface area contributed by atoms with Crippen molar-refractivity contribution in [1.82, 2.24) is 4.98 Å². The molecule has 0 unspecified atom stereocenters. The van der Waals surface area contributed by atoms with Gasteiger partial charge in [0, 0.05) is 5.56 Å². The minimum absolute atomic E-state index is 0.0260. The number of hydrogen-bond donors (Lipinski definition) is 1. The van der Waals surface area contributed by atoms with E-state index < -0.39 is 17.7 Å². The van der Waals surface area contributed by atoms with Gasteiger partial charge in [-0.05, 0) is 48.7 Å². The van der Waals surface area contributed by atoms with E-state index in [2.05, 4.69) is 6.58 Å². The Hall–Kier alpha value is -4.23. The molecule has 1 atom stereocenters. The van der Waals surface area contributed by atoms with E-state index in [0.717, 1.165) is 21.3 Å². The summed E-state index contributed by atoms with van der Waals surface area (Å²) in [5.41, 5.74) is 4.02. The smallest absolute Gasteiger partial charge is 0.301 e. The molecule has 1 N–H and O–H groups in total. The second-order valence-corrected chi connectivity index (χ2v) is 9.64. The van der Waals surface area contributed by atoms with Crippen molar-refractivity contribution in [3.05, 3.63) is 107 Å². The van der Waals surface area contributed by atoms with Crippen LogP contribution in [-0.2, 0) is 9.59 Å². The summed E-state index contributed by atoms with van der Waals surface area (Å²) >= 11 is 1.35. The lowest BCUT2D eigenvalue weighted by Crippen LogP contribution is -2.29. The molecule has 4 aromatic rings. The first-order chi connectivity index (χ1) is 17.4. The van der Waals surface area contributed by atoms with Gasteiger partial charge in [-0.15, -0.1) is 0 Å². The highest BCUT2D eigenvalue weighted by molar-refractivity contribution is 7.22. The zero-order valence-electron chi connectivity index (χ0n) is 19.9. The number of thiazole rings is 1. The van der Waals surface area contributed by atoms with E-state index in [0.29, 0.717) is 28.6 Å². The molecule has 1 fully saturated rings. The Morgan fingerprint density at radius 1 is 1.11 bits per heavy atom. The predicted molar refractivity (Wildman–Crippen MR) is 142 cm³/mol. The zero-order chi connectivity index (χ0) is 25.4. The molecule has 2 heterocycles. The zero-order valence-corrected chi connectivity index (χ0v) is 20.7. The van der Waals surface area contributed by atoms with Gasteiger partial charge in [-0.3, -0.25) is 14.5 Å². The first-order valence-corrected chi connectivity index (χ1v) is 12.3. The van der Waals surface area contributed by atoms with Gasteiger partial charge >= 0.3 is 5.91 Å². The largest absolute Gasteiger partial charge is 0.507 e. The van der Waals surface area contributed by atoms with Crippen molar-refractivity contribution in [2.75, 3.05) is 11.5 Å². The Balaban J connectivity index is 1.69. The Morgan fingerprint density at radius 2 is 1.83 bits per heavy atom. The lowest BCUT2D eigenvalue weighted by atomic mass is 9.95. The van der Waals surface area contributed by atoms with Crippen LogP contribution in [0.1, 0.15) is 28.3 Å². The molecule has 0 radical (unpaired) electrons. The van der Waals surface area contributed by atoms with Crippen LogP contribution in [0.3, 0.4) is 0 Å². The number of ketones is 1. The summed E-state index contributed by atoms with van der Waals surface area (Å²) in [6.45, 7) is 8.00. The SMILES string of the molecule is C=CCOc1ccc([C@H]2C(=C(O)c3ccccc3)C(=O)C(=O)N2c2nc3c(C)cc(C)cc3s2)cc1. The van der Waals surface area contributed by atoms with Crippen LogP contribution in [0.2, 0.25) is 0 Å². The maximum absolute atomic E-state index is 13.4. The van der Waals surface area contributed by atoms with Crippen molar-refractivity contribution >= 4 is 44.1 Å². The number of Topliss-reactive ketones (excluding diaryl/α,β-unsaturated/α-hetero) is 1. The summed E-state index contributed by atoms with van der Waals surface area (Å²) in [5, 5.41) is 11.6. The van der Waals surface area contributed by atoms with E-state index in [-0.39, 0.29) is 11.3 Å². The van der Waals surface area contributed by atoms with Gasteiger partial charge in [0.1, 0.15) is 18.1 Å². The van der Waals surface area contributed by atoms with Gasteiger partial charge in [-0.25, -0.2) is 4.98 Å². The summed E-state index contributed by atoms with van der Waals surface area (Å²) in [5.74, 6) is -1.07. The fourth-order valence-electron chi connectivity index (χ4n) is 4.46. The Labute approximate surface area is 212 Å². The van der Waals surface area contributed by atoms with Crippen LogP contribution < -0.4 is 9.64 Å². The number of nitrogens with zero attached hydrogens (tertiary/aromatic N) is 2. The predicted octanol–water partition coefficient (Wildman–Crippen LogP) is 6.10. The number of carbonyl (C=O) groups excluding carboxylic acids is 2. The molecule has 1 aliphatic rings. The number of carbonyl (C=O) groups is 2. The highest BCUT2D eigenvalue weighted by Crippen LogP contribution is 2.45. The fraction of sp³-hybridized carbons (Fsp3) is 0.138. The van der Waals surface area contributed by atoms with Gasteiger partial charge in [0.25, 0.3) is 5.78 Å². The van der Waals surface area contributed by atoms with Crippen LogP contribution in [0.15, 0.2) is 85.0 Å². The van der Waals surface area contributed by atoms with Crippen molar-refractivity contribution in [3.8, 4) is 5.75 Å². The molecule has 7 heteroatoms. The Morgan fingerprint density at radius 3 is 2.53 bits per heavy atom. The fourth-order valence-corrected chi connectivity index (χ4v) is 5.63. The maximum atomic E-state index is 13.4. The summed E-state index contributed by atoms with van der Waals surface area (Å²) in [6, 6.07) is 19.1. The van der Waals surface area contributed by atoms with Crippen molar-refractivity contribution in [3.63, 3.8) is 0 Å². The van der Waals surface area contributed by atoms with E-state index in [4.69, 9.17) is 9.72 Å². The molecule has 0 aliphatic carbocycles. The molecule has 1 amide bonds. The monoisotopic (exact) mass is 496 g/mol. The van der Waals surface area contributed by atoms with Gasteiger partial charge in [0.05, 0.1) is 21.8 Å². The molecule has 5 rings (SSSR count). The number of aromatic nitrogens is 1. The van der Waals surface area contributed by atoms with Crippen LogP contribution in [0.4, 0.5) is 5.13 Å². The highest BCUT2D eigenvalue weighted by Gasteiger charge is 2.48. The lowest BCUT2D eigenvalue weighted by molar-refractivity contribution is -0.132. The van der Waals surface area contributed by atoms with Crippen LogP contribution in [0, 0.1) is 13.8 Å². The minimum atomic E-state index is -0.847. The number of hydrogen-bond acceptors (Lipinski definition) is 6. The van der Waals surface area contributed by atoms with Crippen LogP contribution >= 0.6 is 11.3 Å². The molecular formula is C29H24N2O4S. The molecule has 1 aromatic heterocycles. The molecule has 1 aliphatic heterocycles.